The molecular weight excluding hydrogens is 443 g/mol. The van der Waals surface area contributed by atoms with E-state index in [1.807, 2.05) is 13.0 Å². The Morgan fingerprint density at radius 2 is 1.85 bits per heavy atom. The van der Waals surface area contributed by atoms with E-state index in [1.165, 1.54) is 19.4 Å². The quantitative estimate of drug-likeness (QED) is 0.556. The second-order valence-corrected chi connectivity index (χ2v) is 9.34. The number of pyridine rings is 1. The number of fused-ring (bicyclic) bond motifs is 4. The number of nitrogens with zero attached hydrogens (tertiary/aromatic N) is 5. The number of likely N-dealkylation sites (N-methyl/N-ethyl adjacent to an activating group) is 1. The summed E-state index contributed by atoms with van der Waals surface area (Å²) in [4.78, 5) is 9.48. The number of piperidine rings is 2. The summed E-state index contributed by atoms with van der Waals surface area (Å²) in [5.41, 5.74) is 6.82. The summed E-state index contributed by atoms with van der Waals surface area (Å²) in [5.74, 6) is 1.29. The topological polar surface area (TPSA) is 83.2 Å². The van der Waals surface area contributed by atoms with E-state index in [2.05, 4.69) is 32.4 Å². The number of hydrogen-bond donors (Lipinski definition) is 2. The van der Waals surface area contributed by atoms with Crippen molar-refractivity contribution in [3.05, 3.63) is 52.8 Å². The van der Waals surface area contributed by atoms with Gasteiger partial charge in [-0.05, 0) is 57.0 Å². The summed E-state index contributed by atoms with van der Waals surface area (Å²) < 4.78 is 40.1. The molecule has 3 aliphatic heterocycles. The molecule has 0 spiro atoms. The third-order valence-electron chi connectivity index (χ3n) is 7.24. The van der Waals surface area contributed by atoms with Crippen LogP contribution in [-0.2, 0) is 6.18 Å². The first-order valence-electron chi connectivity index (χ1n) is 11.4. The number of aromatic nitrogens is 3. The van der Waals surface area contributed by atoms with E-state index in [9.17, 15) is 13.2 Å². The highest BCUT2D eigenvalue weighted by atomic mass is 19.4. The third kappa shape index (κ3) is 3.94. The van der Waals surface area contributed by atoms with Gasteiger partial charge in [0, 0.05) is 42.1 Å². The Bertz CT molecular complexity index is 1230. The molecule has 3 fully saturated rings. The van der Waals surface area contributed by atoms with Crippen LogP contribution < -0.4 is 16.0 Å². The van der Waals surface area contributed by atoms with Crippen LogP contribution in [0.3, 0.4) is 0 Å². The van der Waals surface area contributed by atoms with Gasteiger partial charge in [-0.15, -0.1) is 5.10 Å². The first-order valence-corrected chi connectivity index (χ1v) is 11.4. The fourth-order valence-electron chi connectivity index (χ4n) is 5.27. The standard InChI is InChI=1S/C24H28F3N7/c1-13-17(5-4-6-20(13)24(25,26)27)22(28)30-23-18-9-21(29-10-19(18)14(2)31-32-23)34-12-15-7-8-16(34)11-33(15)3/h4-6,9-10,15-16,22H,7-8,11-12,28H2,1-3H3,(H,30,32)/t15-,16?,22+/m1/s1. The summed E-state index contributed by atoms with van der Waals surface area (Å²) in [6.45, 7) is 5.21. The zero-order chi connectivity index (χ0) is 24.2. The van der Waals surface area contributed by atoms with Crippen LogP contribution in [0.4, 0.5) is 24.8 Å². The van der Waals surface area contributed by atoms with Gasteiger partial charge in [0.1, 0.15) is 12.0 Å². The van der Waals surface area contributed by atoms with E-state index >= 15 is 0 Å². The molecule has 0 aliphatic carbocycles. The molecule has 0 radical (unpaired) electrons. The Labute approximate surface area is 196 Å². The highest BCUT2D eigenvalue weighted by molar-refractivity contribution is 5.94. The van der Waals surface area contributed by atoms with Crippen molar-refractivity contribution in [3.63, 3.8) is 0 Å². The molecule has 10 heteroatoms. The predicted octanol–water partition coefficient (Wildman–Crippen LogP) is 4.01. The van der Waals surface area contributed by atoms with Gasteiger partial charge in [-0.1, -0.05) is 12.1 Å². The lowest BCUT2D eigenvalue weighted by molar-refractivity contribution is -0.138. The van der Waals surface area contributed by atoms with E-state index < -0.39 is 17.9 Å². The molecule has 0 saturated carbocycles. The first kappa shape index (κ1) is 22.8. The molecule has 3 atom stereocenters. The molecule has 2 aromatic heterocycles. The fourth-order valence-corrected chi connectivity index (χ4v) is 5.27. The number of aryl methyl sites for hydroxylation is 1. The number of piperazine rings is 1. The van der Waals surface area contributed by atoms with Gasteiger partial charge in [0.25, 0.3) is 0 Å². The average molecular weight is 472 g/mol. The molecule has 7 nitrogen and oxygen atoms in total. The van der Waals surface area contributed by atoms with Gasteiger partial charge < -0.3 is 16.0 Å². The summed E-state index contributed by atoms with van der Waals surface area (Å²) in [7, 11) is 2.17. The van der Waals surface area contributed by atoms with Crippen LogP contribution in [0.15, 0.2) is 30.5 Å². The van der Waals surface area contributed by atoms with Crippen molar-refractivity contribution in [2.24, 2.45) is 5.73 Å². The minimum atomic E-state index is -4.45. The highest BCUT2D eigenvalue weighted by Crippen LogP contribution is 2.36. The van der Waals surface area contributed by atoms with Gasteiger partial charge in [-0.3, -0.25) is 4.90 Å². The zero-order valence-corrected chi connectivity index (χ0v) is 19.4. The van der Waals surface area contributed by atoms with Crippen LogP contribution in [0.25, 0.3) is 10.8 Å². The number of rotatable bonds is 4. The molecule has 1 aromatic carbocycles. The van der Waals surface area contributed by atoms with Gasteiger partial charge >= 0.3 is 6.18 Å². The van der Waals surface area contributed by atoms with E-state index in [0.717, 1.165) is 47.9 Å². The minimum Gasteiger partial charge on any atom is -0.351 e. The zero-order valence-electron chi connectivity index (χ0n) is 19.4. The Balaban J connectivity index is 1.50. The van der Waals surface area contributed by atoms with Crippen molar-refractivity contribution in [1.82, 2.24) is 20.1 Å². The molecule has 5 heterocycles. The van der Waals surface area contributed by atoms with Gasteiger partial charge in [0.2, 0.25) is 0 Å². The Morgan fingerprint density at radius 1 is 1.09 bits per heavy atom. The second-order valence-electron chi connectivity index (χ2n) is 9.34. The van der Waals surface area contributed by atoms with Gasteiger partial charge in [0.05, 0.1) is 11.3 Å². The second kappa shape index (κ2) is 8.35. The van der Waals surface area contributed by atoms with Gasteiger partial charge in [-0.2, -0.15) is 18.3 Å². The number of nitrogens with one attached hydrogen (secondary N) is 1. The molecular formula is C24H28F3N7. The van der Waals surface area contributed by atoms with Crippen LogP contribution in [0, 0.1) is 13.8 Å². The molecule has 34 heavy (non-hydrogen) atoms. The molecule has 3 aliphatic rings. The van der Waals surface area contributed by atoms with Gasteiger partial charge in [0.15, 0.2) is 5.82 Å². The van der Waals surface area contributed by atoms with Crippen molar-refractivity contribution >= 4 is 22.4 Å². The molecule has 3 N–H and O–H groups in total. The minimum absolute atomic E-state index is 0.0928. The summed E-state index contributed by atoms with van der Waals surface area (Å²) in [6.07, 6.45) is -1.22. The molecule has 3 saturated heterocycles. The van der Waals surface area contributed by atoms with E-state index in [1.54, 1.807) is 12.3 Å². The maximum Gasteiger partial charge on any atom is 0.416 e. The molecule has 180 valence electrons. The number of halogens is 3. The largest absolute Gasteiger partial charge is 0.416 e. The maximum absolute atomic E-state index is 13.4. The Kier molecular flexibility index (Phi) is 5.60. The van der Waals surface area contributed by atoms with Crippen LogP contribution >= 0.6 is 0 Å². The van der Waals surface area contributed by atoms with E-state index in [-0.39, 0.29) is 5.56 Å². The fraction of sp³-hybridized carbons (Fsp3) is 0.458. The van der Waals surface area contributed by atoms with Crippen LogP contribution in [0.1, 0.15) is 41.4 Å². The first-order chi connectivity index (χ1) is 16.1. The lowest BCUT2D eigenvalue weighted by Gasteiger charge is -2.50. The van der Waals surface area contributed by atoms with Crippen LogP contribution in [0.2, 0.25) is 0 Å². The maximum atomic E-state index is 13.4. The van der Waals surface area contributed by atoms with Crippen molar-refractivity contribution in [3.8, 4) is 0 Å². The summed E-state index contributed by atoms with van der Waals surface area (Å²) >= 11 is 0. The average Bonchev–Trinajstić information content (AvgIpc) is 2.80. The number of hydrogen-bond acceptors (Lipinski definition) is 7. The number of alkyl halides is 3. The molecule has 1 unspecified atom stereocenters. The molecule has 2 bridgehead atoms. The number of benzene rings is 1. The molecule has 3 aromatic rings. The lowest BCUT2D eigenvalue weighted by atomic mass is 9.91. The Morgan fingerprint density at radius 3 is 2.53 bits per heavy atom. The normalized spacial score (nSPS) is 21.8. The van der Waals surface area contributed by atoms with Crippen molar-refractivity contribution in [1.29, 1.82) is 0 Å². The van der Waals surface area contributed by atoms with Crippen molar-refractivity contribution in [2.45, 2.75) is 51.1 Å². The van der Waals surface area contributed by atoms with E-state index in [4.69, 9.17) is 10.7 Å². The van der Waals surface area contributed by atoms with Crippen LogP contribution in [0.5, 0.6) is 0 Å². The summed E-state index contributed by atoms with van der Waals surface area (Å²) in [6, 6.07) is 6.94. The number of nitrogens with two attached hydrogens (primary N) is 1. The Hall–Kier alpha value is -2.98. The predicted molar refractivity (Wildman–Crippen MR) is 126 cm³/mol. The summed E-state index contributed by atoms with van der Waals surface area (Å²) in [5, 5.41) is 13.2. The molecule has 6 rings (SSSR count). The van der Waals surface area contributed by atoms with Crippen molar-refractivity contribution in [2.75, 3.05) is 30.4 Å². The smallest absolute Gasteiger partial charge is 0.351 e. The van der Waals surface area contributed by atoms with Crippen LogP contribution in [-0.4, -0.2) is 52.3 Å². The van der Waals surface area contributed by atoms with E-state index in [0.29, 0.717) is 23.5 Å². The number of anilines is 2. The highest BCUT2D eigenvalue weighted by Gasteiger charge is 2.38. The SMILES string of the molecule is Cc1c([C@@H](N)Nc2nnc(C)c3cnc(N4C[C@H]5CCC4CN5C)cc23)cccc1C(F)(F)F. The molecule has 0 amide bonds. The van der Waals surface area contributed by atoms with Crippen molar-refractivity contribution < 1.29 is 13.2 Å². The lowest BCUT2D eigenvalue weighted by Crippen LogP contribution is -2.61. The van der Waals surface area contributed by atoms with Gasteiger partial charge in [-0.25, -0.2) is 4.98 Å². The monoisotopic (exact) mass is 471 g/mol. The third-order valence-corrected chi connectivity index (χ3v) is 7.24.